The van der Waals surface area contributed by atoms with Gasteiger partial charge in [-0.2, -0.15) is 0 Å². The van der Waals surface area contributed by atoms with Crippen molar-refractivity contribution in [3.05, 3.63) is 169 Å². The first-order valence-corrected chi connectivity index (χ1v) is 18.1. The van der Waals surface area contributed by atoms with Gasteiger partial charge in [0, 0.05) is 28.3 Å². The molecule has 4 aromatic carbocycles. The van der Waals surface area contributed by atoms with Gasteiger partial charge < -0.3 is 23.7 Å². The van der Waals surface area contributed by atoms with Crippen molar-refractivity contribution in [1.29, 1.82) is 0 Å². The summed E-state index contributed by atoms with van der Waals surface area (Å²) in [4.78, 5) is 46.7. The molecule has 0 aliphatic carbocycles. The summed E-state index contributed by atoms with van der Waals surface area (Å²) in [6, 6.07) is 34.2. The molecule has 4 aromatic rings. The van der Waals surface area contributed by atoms with Crippen molar-refractivity contribution in [3.63, 3.8) is 0 Å². The number of esters is 3. The number of alkyl halides is 2. The van der Waals surface area contributed by atoms with E-state index >= 15 is 0 Å². The van der Waals surface area contributed by atoms with Crippen LogP contribution in [-0.4, -0.2) is 56.7 Å². The zero-order chi connectivity index (χ0) is 40.5. The molecule has 0 unspecified atom stereocenters. The summed E-state index contributed by atoms with van der Waals surface area (Å²) < 4.78 is 23.6. The van der Waals surface area contributed by atoms with Gasteiger partial charge in [-0.05, 0) is 37.6 Å². The van der Waals surface area contributed by atoms with Crippen molar-refractivity contribution < 1.29 is 42.9 Å². The molecule has 9 nitrogen and oxygen atoms in total. The molecule has 0 radical (unpaired) electrons. The lowest BCUT2D eigenvalue weighted by molar-refractivity contribution is -0.140. The molecule has 290 valence electrons. The third-order valence-corrected chi connectivity index (χ3v) is 7.95. The van der Waals surface area contributed by atoms with E-state index in [1.54, 1.807) is 55.5 Å². The predicted molar refractivity (Wildman–Crippen MR) is 216 cm³/mol. The zero-order valence-corrected chi connectivity index (χ0v) is 32.6. The van der Waals surface area contributed by atoms with Crippen LogP contribution in [0.3, 0.4) is 0 Å². The summed E-state index contributed by atoms with van der Waals surface area (Å²) in [7, 11) is 0. The molecular weight excluding hydrogens is 743 g/mol. The average molecular weight is 790 g/mol. The minimum Gasteiger partial charge on any atom is -0.490 e. The molecule has 0 amide bonds. The molecule has 0 bridgehead atoms. The standard InChI is InChI=1S/C21H20Cl2O3.C12H14O3.C11H12O3/c1-3-4-14-26-20(25)15(2)21(22,23)18-13-9-8-12-17(18)19(24)16-10-6-5-7-11-16;1-10(2)12(13)15-9-8-14-11-6-4-3-5-7-11;1-2-11(12)14-9-8-13-10-6-4-3-5-7-10/h5-13H,2-4,14H2,1H3;3-7H,1,8-9H2,2H3;2-7H,1,8-9H2. The fourth-order valence-corrected chi connectivity index (χ4v) is 4.68. The minimum atomic E-state index is -1.77. The lowest BCUT2D eigenvalue weighted by Crippen LogP contribution is -2.24. The predicted octanol–water partition coefficient (Wildman–Crippen LogP) is 9.43. The summed E-state index contributed by atoms with van der Waals surface area (Å²) in [5.74, 6) is -0.191. The van der Waals surface area contributed by atoms with Crippen LogP contribution in [0.1, 0.15) is 48.2 Å². The van der Waals surface area contributed by atoms with Crippen LogP contribution in [0.15, 0.2) is 152 Å². The molecule has 0 atom stereocenters. The molecule has 0 aliphatic rings. The Morgan fingerprint density at radius 3 is 1.62 bits per heavy atom. The number of unbranched alkanes of at least 4 members (excludes halogenated alkanes) is 1. The first-order valence-electron chi connectivity index (χ1n) is 17.3. The second-order valence-electron chi connectivity index (χ2n) is 11.4. The van der Waals surface area contributed by atoms with E-state index in [-0.39, 0.29) is 37.1 Å². The molecule has 0 saturated carbocycles. The number of carbonyl (C=O) groups excluding carboxylic acids is 4. The summed E-state index contributed by atoms with van der Waals surface area (Å²) in [6.07, 6.45) is 2.75. The summed E-state index contributed by atoms with van der Waals surface area (Å²) >= 11 is 12.9. The molecular formula is C44H46Cl2O9. The van der Waals surface area contributed by atoms with Gasteiger partial charge in [0.1, 0.15) is 37.9 Å². The number of halogens is 2. The molecule has 11 heteroatoms. The van der Waals surface area contributed by atoms with Gasteiger partial charge in [-0.1, -0.05) is 147 Å². The Morgan fingerprint density at radius 2 is 1.11 bits per heavy atom. The lowest BCUT2D eigenvalue weighted by atomic mass is 9.94. The van der Waals surface area contributed by atoms with Crippen molar-refractivity contribution in [2.24, 2.45) is 0 Å². The Morgan fingerprint density at radius 1 is 0.636 bits per heavy atom. The van der Waals surface area contributed by atoms with Crippen LogP contribution in [-0.2, 0) is 32.9 Å². The minimum absolute atomic E-state index is 0.120. The maximum atomic E-state index is 12.9. The highest BCUT2D eigenvalue weighted by Crippen LogP contribution is 2.43. The molecule has 0 N–H and O–H groups in total. The Bertz CT molecular complexity index is 1830. The maximum absolute atomic E-state index is 12.9. The van der Waals surface area contributed by atoms with Crippen molar-refractivity contribution in [1.82, 2.24) is 0 Å². The van der Waals surface area contributed by atoms with Gasteiger partial charge in [0.2, 0.25) is 0 Å². The number of hydrogen-bond donors (Lipinski definition) is 0. The zero-order valence-electron chi connectivity index (χ0n) is 31.0. The van der Waals surface area contributed by atoms with Crippen LogP contribution in [0.2, 0.25) is 0 Å². The normalized spacial score (nSPS) is 10.1. The highest BCUT2D eigenvalue weighted by molar-refractivity contribution is 6.52. The number of ketones is 1. The first-order chi connectivity index (χ1) is 26.4. The lowest BCUT2D eigenvalue weighted by Gasteiger charge is -2.24. The van der Waals surface area contributed by atoms with E-state index in [0.29, 0.717) is 35.5 Å². The number of carbonyl (C=O) groups is 4. The van der Waals surface area contributed by atoms with Crippen LogP contribution < -0.4 is 9.47 Å². The van der Waals surface area contributed by atoms with Crippen LogP contribution >= 0.6 is 23.2 Å². The van der Waals surface area contributed by atoms with Crippen LogP contribution in [0.4, 0.5) is 0 Å². The summed E-state index contributed by atoms with van der Waals surface area (Å²) in [5, 5.41) is 0. The van der Waals surface area contributed by atoms with Crippen molar-refractivity contribution in [2.75, 3.05) is 33.0 Å². The molecule has 0 fully saturated rings. The number of para-hydroxylation sites is 2. The van der Waals surface area contributed by atoms with E-state index < -0.39 is 16.3 Å². The SMILES string of the molecule is C=C(C(=O)OCCCC)C(Cl)(Cl)c1ccccc1C(=O)c1ccccc1.C=C(C)C(=O)OCCOc1ccccc1.C=CC(=O)OCCOc1ccccc1. The van der Waals surface area contributed by atoms with Gasteiger partial charge in [-0.15, -0.1) is 0 Å². The van der Waals surface area contributed by atoms with Crippen molar-refractivity contribution >= 4 is 46.9 Å². The Labute approximate surface area is 333 Å². The van der Waals surface area contributed by atoms with Crippen molar-refractivity contribution in [3.8, 4) is 11.5 Å². The van der Waals surface area contributed by atoms with E-state index in [4.69, 9.17) is 46.9 Å². The van der Waals surface area contributed by atoms with Crippen LogP contribution in [0, 0.1) is 0 Å². The van der Waals surface area contributed by atoms with Crippen molar-refractivity contribution in [2.45, 2.75) is 31.0 Å². The quantitative estimate of drug-likeness (QED) is 0.0243. The Balaban J connectivity index is 0.000000308. The average Bonchev–Trinajstić information content (AvgIpc) is 3.22. The second kappa shape index (κ2) is 25.4. The fraction of sp³-hybridized carbons (Fsp3) is 0.227. The Hall–Kier alpha value is -5.64. The van der Waals surface area contributed by atoms with E-state index in [1.165, 1.54) is 0 Å². The number of hydrogen-bond acceptors (Lipinski definition) is 9. The molecule has 0 aromatic heterocycles. The maximum Gasteiger partial charge on any atom is 0.336 e. The fourth-order valence-electron chi connectivity index (χ4n) is 4.20. The first kappa shape index (κ1) is 45.5. The molecule has 4 rings (SSSR count). The number of ether oxygens (including phenoxy) is 5. The van der Waals surface area contributed by atoms with E-state index in [1.807, 2.05) is 73.7 Å². The Kier molecular flexibility index (Phi) is 21.0. The van der Waals surface area contributed by atoms with E-state index in [0.717, 1.165) is 30.4 Å². The van der Waals surface area contributed by atoms with E-state index in [9.17, 15) is 19.2 Å². The molecule has 0 aliphatic heterocycles. The highest BCUT2D eigenvalue weighted by atomic mass is 35.5. The molecule has 0 saturated heterocycles. The van der Waals surface area contributed by atoms with Gasteiger partial charge in [0.15, 0.2) is 10.1 Å². The highest BCUT2D eigenvalue weighted by Gasteiger charge is 2.38. The smallest absolute Gasteiger partial charge is 0.336 e. The van der Waals surface area contributed by atoms with Gasteiger partial charge in [-0.25, -0.2) is 14.4 Å². The molecule has 0 heterocycles. The molecule has 55 heavy (non-hydrogen) atoms. The molecule has 0 spiro atoms. The third kappa shape index (κ3) is 16.9. The number of rotatable bonds is 18. The number of benzene rings is 4. The third-order valence-electron chi connectivity index (χ3n) is 7.09. The van der Waals surface area contributed by atoms with Crippen LogP contribution in [0.25, 0.3) is 0 Å². The van der Waals surface area contributed by atoms with Crippen LogP contribution in [0.5, 0.6) is 11.5 Å². The van der Waals surface area contributed by atoms with E-state index in [2.05, 4.69) is 19.7 Å². The summed E-state index contributed by atoms with van der Waals surface area (Å²) in [5.41, 5.74) is 1.39. The largest absolute Gasteiger partial charge is 0.490 e. The van der Waals surface area contributed by atoms with Gasteiger partial charge in [0.05, 0.1) is 12.2 Å². The van der Waals surface area contributed by atoms with Gasteiger partial charge >= 0.3 is 17.9 Å². The monoisotopic (exact) mass is 788 g/mol. The van der Waals surface area contributed by atoms with Gasteiger partial charge in [0.25, 0.3) is 0 Å². The van der Waals surface area contributed by atoms with Gasteiger partial charge in [-0.3, -0.25) is 4.79 Å². The topological polar surface area (TPSA) is 114 Å². The second-order valence-corrected chi connectivity index (χ2v) is 12.7. The summed E-state index contributed by atoms with van der Waals surface area (Å²) in [6.45, 7) is 15.5.